The van der Waals surface area contributed by atoms with Crippen LogP contribution in [-0.2, 0) is 0 Å². The van der Waals surface area contributed by atoms with Crippen LogP contribution in [0, 0.1) is 5.41 Å². The van der Waals surface area contributed by atoms with E-state index in [0.717, 1.165) is 13.1 Å². The molecule has 1 aromatic heterocycles. The van der Waals surface area contributed by atoms with Gasteiger partial charge in [0.2, 0.25) is 11.9 Å². The number of nitrogens with zero attached hydrogens (tertiary/aromatic N) is 4. The van der Waals surface area contributed by atoms with Gasteiger partial charge >= 0.3 is 6.01 Å². The molecule has 0 aliphatic carbocycles. The van der Waals surface area contributed by atoms with Crippen molar-refractivity contribution >= 4 is 11.9 Å². The van der Waals surface area contributed by atoms with E-state index in [9.17, 15) is 0 Å². The summed E-state index contributed by atoms with van der Waals surface area (Å²) < 4.78 is 5.03. The lowest BCUT2D eigenvalue weighted by Crippen LogP contribution is -2.27. The molecule has 0 amide bonds. The third-order valence-electron chi connectivity index (χ3n) is 4.02. The topological polar surface area (TPSA) is 77.2 Å². The van der Waals surface area contributed by atoms with Gasteiger partial charge in [0.15, 0.2) is 0 Å². The van der Waals surface area contributed by atoms with E-state index in [1.165, 1.54) is 26.4 Å². The summed E-state index contributed by atoms with van der Waals surface area (Å²) in [6.45, 7) is 6.44. The van der Waals surface area contributed by atoms with Crippen LogP contribution < -0.4 is 15.4 Å². The quantitative estimate of drug-likeness (QED) is 0.873. The van der Waals surface area contributed by atoms with Gasteiger partial charge < -0.3 is 15.4 Å². The van der Waals surface area contributed by atoms with Crippen molar-refractivity contribution in [3.63, 3.8) is 0 Å². The molecule has 18 heavy (non-hydrogen) atoms. The first kappa shape index (κ1) is 12.9. The highest BCUT2D eigenvalue weighted by Crippen LogP contribution is 2.38. The Morgan fingerprint density at radius 3 is 2.56 bits per heavy atom. The van der Waals surface area contributed by atoms with E-state index in [-0.39, 0.29) is 12.0 Å². The standard InChI is InChI=1S/C12H21N5O/c1-4-12(5-2)6-7-17(8-12)10-14-9(13)15-11(16-10)18-3/h4-8H2,1-3H3,(H2,13,14,15,16). The second kappa shape index (κ2) is 4.96. The highest BCUT2D eigenvalue weighted by atomic mass is 16.5. The molecule has 1 aromatic rings. The minimum absolute atomic E-state index is 0.211. The number of methoxy groups -OCH3 is 1. The van der Waals surface area contributed by atoms with E-state index in [0.29, 0.717) is 11.4 Å². The van der Waals surface area contributed by atoms with Crippen LogP contribution in [0.1, 0.15) is 33.1 Å². The number of rotatable bonds is 4. The van der Waals surface area contributed by atoms with Gasteiger partial charge in [0.25, 0.3) is 0 Å². The SMILES string of the molecule is CCC1(CC)CCN(c2nc(N)nc(OC)n2)C1. The summed E-state index contributed by atoms with van der Waals surface area (Å²) in [7, 11) is 1.53. The minimum atomic E-state index is 0.211. The normalized spacial score (nSPS) is 18.1. The minimum Gasteiger partial charge on any atom is -0.467 e. The molecule has 1 aliphatic rings. The molecule has 100 valence electrons. The summed E-state index contributed by atoms with van der Waals surface area (Å²) in [4.78, 5) is 14.6. The molecule has 0 radical (unpaired) electrons. The van der Waals surface area contributed by atoms with Gasteiger partial charge in [-0.25, -0.2) is 0 Å². The highest BCUT2D eigenvalue weighted by Gasteiger charge is 2.36. The molecule has 6 heteroatoms. The van der Waals surface area contributed by atoms with Crippen LogP contribution in [0.15, 0.2) is 0 Å². The molecular weight excluding hydrogens is 230 g/mol. The lowest BCUT2D eigenvalue weighted by molar-refractivity contribution is 0.301. The highest BCUT2D eigenvalue weighted by molar-refractivity contribution is 5.37. The smallest absolute Gasteiger partial charge is 0.322 e. The van der Waals surface area contributed by atoms with E-state index in [1.807, 2.05) is 0 Å². The molecule has 2 rings (SSSR count). The maximum atomic E-state index is 5.67. The zero-order valence-electron chi connectivity index (χ0n) is 11.3. The Morgan fingerprint density at radius 1 is 1.28 bits per heavy atom. The summed E-state index contributed by atoms with van der Waals surface area (Å²) >= 11 is 0. The van der Waals surface area contributed by atoms with Crippen molar-refractivity contribution in [1.29, 1.82) is 0 Å². The largest absolute Gasteiger partial charge is 0.467 e. The van der Waals surface area contributed by atoms with Gasteiger partial charge in [-0.3, -0.25) is 0 Å². The van der Waals surface area contributed by atoms with Crippen molar-refractivity contribution in [2.45, 2.75) is 33.1 Å². The molecule has 0 atom stereocenters. The third kappa shape index (κ3) is 2.32. The molecule has 0 saturated carbocycles. The summed E-state index contributed by atoms with van der Waals surface area (Å²) in [5.41, 5.74) is 6.05. The van der Waals surface area contributed by atoms with Gasteiger partial charge in [0.1, 0.15) is 0 Å². The molecule has 1 aliphatic heterocycles. The number of nitrogen functional groups attached to an aromatic ring is 1. The zero-order chi connectivity index (χ0) is 13.2. The van der Waals surface area contributed by atoms with Crippen molar-refractivity contribution in [2.75, 3.05) is 30.8 Å². The van der Waals surface area contributed by atoms with Gasteiger partial charge in [-0.2, -0.15) is 15.0 Å². The van der Waals surface area contributed by atoms with Gasteiger partial charge in [-0.1, -0.05) is 13.8 Å². The molecule has 0 unspecified atom stereocenters. The number of ether oxygens (including phenoxy) is 1. The van der Waals surface area contributed by atoms with Crippen LogP contribution in [0.4, 0.5) is 11.9 Å². The second-order valence-corrected chi connectivity index (χ2v) is 4.86. The Hall–Kier alpha value is -1.59. The number of nitrogens with two attached hydrogens (primary N) is 1. The maximum absolute atomic E-state index is 5.67. The van der Waals surface area contributed by atoms with E-state index >= 15 is 0 Å². The summed E-state index contributed by atoms with van der Waals surface area (Å²) in [5, 5.41) is 0. The fourth-order valence-corrected chi connectivity index (χ4v) is 2.53. The summed E-state index contributed by atoms with van der Waals surface area (Å²) in [5.74, 6) is 0.838. The monoisotopic (exact) mass is 251 g/mol. The van der Waals surface area contributed by atoms with Crippen molar-refractivity contribution in [3.8, 4) is 6.01 Å². The first-order valence-electron chi connectivity index (χ1n) is 6.43. The van der Waals surface area contributed by atoms with Crippen molar-refractivity contribution in [2.24, 2.45) is 5.41 Å². The number of aromatic nitrogens is 3. The lowest BCUT2D eigenvalue weighted by Gasteiger charge is -2.26. The molecule has 0 spiro atoms. The molecule has 2 heterocycles. The summed E-state index contributed by atoms with van der Waals surface area (Å²) in [6, 6.07) is 0.281. The second-order valence-electron chi connectivity index (χ2n) is 4.86. The Kier molecular flexibility index (Phi) is 3.54. The number of hydrogen-bond acceptors (Lipinski definition) is 6. The molecule has 0 bridgehead atoms. The molecular formula is C12H21N5O. The first-order valence-corrected chi connectivity index (χ1v) is 6.43. The van der Waals surface area contributed by atoms with Crippen LogP contribution in [0.2, 0.25) is 0 Å². The molecule has 2 N–H and O–H groups in total. The maximum Gasteiger partial charge on any atom is 0.322 e. The van der Waals surface area contributed by atoms with Gasteiger partial charge in [-0.05, 0) is 24.7 Å². The molecule has 6 nitrogen and oxygen atoms in total. The van der Waals surface area contributed by atoms with Gasteiger partial charge in [0, 0.05) is 13.1 Å². The average Bonchev–Trinajstić information content (AvgIpc) is 2.83. The molecule has 0 aromatic carbocycles. The van der Waals surface area contributed by atoms with Gasteiger partial charge in [-0.15, -0.1) is 0 Å². The Balaban J connectivity index is 2.21. The van der Waals surface area contributed by atoms with Crippen LogP contribution in [0.5, 0.6) is 6.01 Å². The van der Waals surface area contributed by atoms with Crippen molar-refractivity contribution < 1.29 is 4.74 Å². The van der Waals surface area contributed by atoms with Crippen LogP contribution in [-0.4, -0.2) is 35.2 Å². The molecule has 1 saturated heterocycles. The zero-order valence-corrected chi connectivity index (χ0v) is 11.3. The third-order valence-corrected chi connectivity index (χ3v) is 4.02. The van der Waals surface area contributed by atoms with E-state index in [1.54, 1.807) is 0 Å². The van der Waals surface area contributed by atoms with Crippen molar-refractivity contribution in [3.05, 3.63) is 0 Å². The fourth-order valence-electron chi connectivity index (χ4n) is 2.53. The summed E-state index contributed by atoms with van der Waals surface area (Å²) in [6.07, 6.45) is 3.53. The Labute approximate surface area is 108 Å². The predicted molar refractivity (Wildman–Crippen MR) is 70.6 cm³/mol. The Bertz CT molecular complexity index is 419. The number of anilines is 2. The fraction of sp³-hybridized carbons (Fsp3) is 0.750. The van der Waals surface area contributed by atoms with Crippen LogP contribution in [0.3, 0.4) is 0 Å². The van der Waals surface area contributed by atoms with Crippen molar-refractivity contribution in [1.82, 2.24) is 15.0 Å². The number of hydrogen-bond donors (Lipinski definition) is 1. The van der Waals surface area contributed by atoms with E-state index in [2.05, 4.69) is 33.7 Å². The van der Waals surface area contributed by atoms with Crippen LogP contribution >= 0.6 is 0 Å². The predicted octanol–water partition coefficient (Wildman–Crippen LogP) is 1.48. The van der Waals surface area contributed by atoms with Gasteiger partial charge in [0.05, 0.1) is 7.11 Å². The first-order chi connectivity index (χ1) is 8.62. The van der Waals surface area contributed by atoms with Crippen LogP contribution in [0.25, 0.3) is 0 Å². The van der Waals surface area contributed by atoms with E-state index in [4.69, 9.17) is 10.5 Å². The lowest BCUT2D eigenvalue weighted by atomic mass is 9.82. The average molecular weight is 251 g/mol. The Morgan fingerprint density at radius 2 is 2.00 bits per heavy atom. The molecule has 1 fully saturated rings. The van der Waals surface area contributed by atoms with E-state index < -0.39 is 0 Å².